The number of nitrogens with one attached hydrogen (secondary N) is 2. The van der Waals surface area contributed by atoms with Crippen LogP contribution in [0.3, 0.4) is 0 Å². The SMILES string of the molecule is O=C(Nc1ccc2c(c1F)CCNC2)c1cccc(OCC2CCCO2)c1. The number of hydrogen-bond donors (Lipinski definition) is 2. The van der Waals surface area contributed by atoms with Crippen LogP contribution in [0.25, 0.3) is 0 Å². The minimum Gasteiger partial charge on any atom is -0.491 e. The van der Waals surface area contributed by atoms with Crippen LogP contribution in [0, 0.1) is 5.82 Å². The van der Waals surface area contributed by atoms with Crippen molar-refractivity contribution >= 4 is 11.6 Å². The molecule has 5 nitrogen and oxygen atoms in total. The molecule has 2 aliphatic heterocycles. The van der Waals surface area contributed by atoms with Crippen LogP contribution >= 0.6 is 0 Å². The van der Waals surface area contributed by atoms with E-state index in [2.05, 4.69) is 10.6 Å². The lowest BCUT2D eigenvalue weighted by atomic mass is 9.99. The predicted octanol–water partition coefficient (Wildman–Crippen LogP) is 3.28. The number of hydrogen-bond acceptors (Lipinski definition) is 4. The average molecular weight is 370 g/mol. The van der Waals surface area contributed by atoms with Crippen LogP contribution in [0.4, 0.5) is 10.1 Å². The van der Waals surface area contributed by atoms with Crippen molar-refractivity contribution in [3.63, 3.8) is 0 Å². The standard InChI is InChI=1S/C21H23FN2O3/c22-20-18-8-9-23-12-15(18)6-7-19(20)24-21(25)14-3-1-4-16(11-14)27-13-17-5-2-10-26-17/h1,3-4,6-7,11,17,23H,2,5,8-10,12-13H2,(H,24,25). The first-order valence-electron chi connectivity index (χ1n) is 9.37. The summed E-state index contributed by atoms with van der Waals surface area (Å²) in [6.07, 6.45) is 2.78. The van der Waals surface area contributed by atoms with Crippen LogP contribution in [0.1, 0.15) is 34.3 Å². The third kappa shape index (κ3) is 4.12. The predicted molar refractivity (Wildman–Crippen MR) is 101 cm³/mol. The Hall–Kier alpha value is -2.44. The summed E-state index contributed by atoms with van der Waals surface area (Å²) in [6, 6.07) is 10.4. The topological polar surface area (TPSA) is 59.6 Å². The summed E-state index contributed by atoms with van der Waals surface area (Å²) in [6.45, 7) is 2.65. The number of carbonyl (C=O) groups is 1. The van der Waals surface area contributed by atoms with E-state index in [1.165, 1.54) is 0 Å². The summed E-state index contributed by atoms with van der Waals surface area (Å²) in [7, 11) is 0. The molecule has 2 aliphatic rings. The second kappa shape index (κ2) is 8.06. The molecule has 0 aromatic heterocycles. The maximum atomic E-state index is 14.7. The smallest absolute Gasteiger partial charge is 0.255 e. The van der Waals surface area contributed by atoms with Crippen molar-refractivity contribution in [2.24, 2.45) is 0 Å². The molecule has 1 saturated heterocycles. The van der Waals surface area contributed by atoms with E-state index in [0.717, 1.165) is 31.6 Å². The van der Waals surface area contributed by atoms with Gasteiger partial charge < -0.3 is 20.1 Å². The highest BCUT2D eigenvalue weighted by Gasteiger charge is 2.19. The number of anilines is 1. The minimum atomic E-state index is -0.356. The lowest BCUT2D eigenvalue weighted by Gasteiger charge is -2.19. The van der Waals surface area contributed by atoms with Crippen molar-refractivity contribution in [1.29, 1.82) is 0 Å². The Morgan fingerprint density at radius 1 is 1.33 bits per heavy atom. The van der Waals surface area contributed by atoms with Crippen molar-refractivity contribution in [3.05, 3.63) is 58.9 Å². The number of amides is 1. The molecule has 2 aromatic rings. The molecular formula is C21H23FN2O3. The Morgan fingerprint density at radius 2 is 2.26 bits per heavy atom. The van der Waals surface area contributed by atoms with Gasteiger partial charge in [0.1, 0.15) is 18.2 Å². The van der Waals surface area contributed by atoms with E-state index >= 15 is 0 Å². The maximum absolute atomic E-state index is 14.7. The van der Waals surface area contributed by atoms with Gasteiger partial charge in [0.2, 0.25) is 0 Å². The second-order valence-electron chi connectivity index (χ2n) is 6.92. The first kappa shape index (κ1) is 17.9. The summed E-state index contributed by atoms with van der Waals surface area (Å²) in [5, 5.41) is 5.90. The van der Waals surface area contributed by atoms with Crippen LogP contribution < -0.4 is 15.4 Å². The summed E-state index contributed by atoms with van der Waals surface area (Å²) in [4.78, 5) is 12.6. The number of halogens is 1. The molecule has 142 valence electrons. The Labute approximate surface area is 157 Å². The molecule has 6 heteroatoms. The van der Waals surface area contributed by atoms with E-state index in [1.807, 2.05) is 6.07 Å². The third-order valence-corrected chi connectivity index (χ3v) is 5.01. The number of benzene rings is 2. The molecule has 0 radical (unpaired) electrons. The Bertz CT molecular complexity index is 834. The van der Waals surface area contributed by atoms with E-state index < -0.39 is 0 Å². The molecule has 2 heterocycles. The maximum Gasteiger partial charge on any atom is 0.255 e. The monoisotopic (exact) mass is 370 g/mol. The Balaban J connectivity index is 1.44. The van der Waals surface area contributed by atoms with Gasteiger partial charge in [-0.2, -0.15) is 0 Å². The van der Waals surface area contributed by atoms with E-state index in [-0.39, 0.29) is 23.5 Å². The van der Waals surface area contributed by atoms with Crippen LogP contribution in [0.15, 0.2) is 36.4 Å². The second-order valence-corrected chi connectivity index (χ2v) is 6.92. The van der Waals surface area contributed by atoms with Crippen molar-refractivity contribution in [1.82, 2.24) is 5.32 Å². The third-order valence-electron chi connectivity index (χ3n) is 5.01. The molecule has 4 rings (SSSR count). The van der Waals surface area contributed by atoms with Gasteiger partial charge in [-0.25, -0.2) is 4.39 Å². The van der Waals surface area contributed by atoms with Crippen LogP contribution in [-0.4, -0.2) is 31.8 Å². The van der Waals surface area contributed by atoms with Crippen LogP contribution in [0.2, 0.25) is 0 Å². The lowest BCUT2D eigenvalue weighted by molar-refractivity contribution is 0.0679. The van der Waals surface area contributed by atoms with Crippen LogP contribution in [0.5, 0.6) is 5.75 Å². The van der Waals surface area contributed by atoms with Gasteiger partial charge in [-0.05, 0) is 61.2 Å². The zero-order valence-electron chi connectivity index (χ0n) is 15.1. The van der Waals surface area contributed by atoms with Gasteiger partial charge in [0.25, 0.3) is 5.91 Å². The fourth-order valence-corrected chi connectivity index (χ4v) is 3.52. The molecule has 27 heavy (non-hydrogen) atoms. The first-order chi connectivity index (χ1) is 13.2. The molecule has 0 bridgehead atoms. The van der Waals surface area contributed by atoms with Gasteiger partial charge in [-0.1, -0.05) is 12.1 Å². The molecule has 1 amide bonds. The van der Waals surface area contributed by atoms with Gasteiger partial charge in [0.15, 0.2) is 0 Å². The molecule has 0 saturated carbocycles. The highest BCUT2D eigenvalue weighted by molar-refractivity contribution is 6.04. The quantitative estimate of drug-likeness (QED) is 0.848. The highest BCUT2D eigenvalue weighted by atomic mass is 19.1. The normalized spacial score (nSPS) is 18.8. The molecule has 1 atom stereocenters. The Morgan fingerprint density at radius 3 is 3.11 bits per heavy atom. The Kier molecular flexibility index (Phi) is 5.36. The zero-order valence-corrected chi connectivity index (χ0v) is 15.1. The van der Waals surface area contributed by atoms with Crippen molar-refractivity contribution < 1.29 is 18.7 Å². The zero-order chi connectivity index (χ0) is 18.6. The largest absolute Gasteiger partial charge is 0.491 e. The summed E-state index contributed by atoms with van der Waals surface area (Å²) in [5.74, 6) is -0.0892. The molecule has 1 fully saturated rings. The van der Waals surface area contributed by atoms with Crippen molar-refractivity contribution in [2.45, 2.75) is 31.9 Å². The van der Waals surface area contributed by atoms with E-state index in [1.54, 1.807) is 30.3 Å². The van der Waals surface area contributed by atoms with Crippen molar-refractivity contribution in [2.75, 3.05) is 25.1 Å². The number of rotatable bonds is 5. The van der Waals surface area contributed by atoms with Gasteiger partial charge in [0.05, 0.1) is 11.8 Å². The van der Waals surface area contributed by atoms with Gasteiger partial charge >= 0.3 is 0 Å². The lowest BCUT2D eigenvalue weighted by Crippen LogP contribution is -2.25. The molecular weight excluding hydrogens is 347 g/mol. The number of ether oxygens (including phenoxy) is 2. The molecule has 2 N–H and O–H groups in total. The number of fused-ring (bicyclic) bond motifs is 1. The van der Waals surface area contributed by atoms with E-state index in [0.29, 0.717) is 36.4 Å². The van der Waals surface area contributed by atoms with Crippen molar-refractivity contribution in [3.8, 4) is 5.75 Å². The minimum absolute atomic E-state index is 0.113. The molecule has 0 aliphatic carbocycles. The van der Waals surface area contributed by atoms with Gasteiger partial charge in [-0.15, -0.1) is 0 Å². The van der Waals surface area contributed by atoms with E-state index in [9.17, 15) is 9.18 Å². The molecule has 1 unspecified atom stereocenters. The summed E-state index contributed by atoms with van der Waals surface area (Å²) < 4.78 is 26.0. The van der Waals surface area contributed by atoms with E-state index in [4.69, 9.17) is 9.47 Å². The molecule has 0 spiro atoms. The average Bonchev–Trinajstić information content (AvgIpc) is 3.22. The fourth-order valence-electron chi connectivity index (χ4n) is 3.52. The number of carbonyl (C=O) groups excluding carboxylic acids is 1. The highest BCUT2D eigenvalue weighted by Crippen LogP contribution is 2.25. The van der Waals surface area contributed by atoms with Gasteiger partial charge in [0, 0.05) is 18.7 Å². The van der Waals surface area contributed by atoms with Crippen LogP contribution in [-0.2, 0) is 17.7 Å². The molecule has 2 aromatic carbocycles. The fraction of sp³-hybridized carbons (Fsp3) is 0.381. The van der Waals surface area contributed by atoms with Gasteiger partial charge in [-0.3, -0.25) is 4.79 Å². The summed E-state index contributed by atoms with van der Waals surface area (Å²) >= 11 is 0. The first-order valence-corrected chi connectivity index (χ1v) is 9.37. The summed E-state index contributed by atoms with van der Waals surface area (Å²) in [5.41, 5.74) is 2.27.